The summed E-state index contributed by atoms with van der Waals surface area (Å²) in [4.78, 5) is 30.8. The van der Waals surface area contributed by atoms with Crippen LogP contribution in [-0.4, -0.2) is 35.1 Å². The molecule has 7 nitrogen and oxygen atoms in total. The number of fused-ring (bicyclic) bond motifs is 1. The molecule has 0 fully saturated rings. The molecule has 0 aliphatic rings. The first-order chi connectivity index (χ1) is 12.2. The van der Waals surface area contributed by atoms with E-state index in [0.29, 0.717) is 5.69 Å². The Morgan fingerprint density at radius 2 is 1.88 bits per heavy atom. The number of benzene rings is 1. The van der Waals surface area contributed by atoms with E-state index in [1.165, 1.54) is 0 Å². The number of carbonyl (C=O) groups is 2. The van der Waals surface area contributed by atoms with Crippen LogP contribution in [0.1, 0.15) is 17.4 Å². The summed E-state index contributed by atoms with van der Waals surface area (Å²) in [5.41, 5.74) is 2.37. The van der Waals surface area contributed by atoms with E-state index in [9.17, 15) is 9.59 Å². The molecule has 0 aliphatic heterocycles. The lowest BCUT2D eigenvalue weighted by atomic mass is 10.2. The Balaban J connectivity index is 1.90. The van der Waals surface area contributed by atoms with Crippen molar-refractivity contribution in [1.82, 2.24) is 9.97 Å². The molecule has 0 aliphatic carbocycles. The summed E-state index contributed by atoms with van der Waals surface area (Å²) in [5, 5.41) is 4.04. The van der Waals surface area contributed by atoms with Crippen LogP contribution in [0.3, 0.4) is 0 Å². The van der Waals surface area contributed by atoms with Crippen LogP contribution in [0.2, 0.25) is 0 Å². The number of nitrogens with one attached hydrogen (secondary N) is 2. The second-order valence-corrected chi connectivity index (χ2v) is 5.16. The van der Waals surface area contributed by atoms with Crippen LogP contribution < -0.4 is 5.32 Å². The zero-order valence-electron chi connectivity index (χ0n) is 13.6. The quantitative estimate of drug-likeness (QED) is 0.671. The van der Waals surface area contributed by atoms with Gasteiger partial charge in [0.1, 0.15) is 5.69 Å². The SMILES string of the molecule is CCOC(=O)COC(=O)c1[nH]c2ccccc2c1Nc1ccncc1. The predicted molar refractivity (Wildman–Crippen MR) is 92.7 cm³/mol. The summed E-state index contributed by atoms with van der Waals surface area (Å²) >= 11 is 0. The Labute approximate surface area is 144 Å². The Hall–Kier alpha value is -3.35. The average molecular weight is 339 g/mol. The highest BCUT2D eigenvalue weighted by Crippen LogP contribution is 2.30. The van der Waals surface area contributed by atoms with Crippen molar-refractivity contribution >= 4 is 34.2 Å². The van der Waals surface area contributed by atoms with Gasteiger partial charge in [0.25, 0.3) is 0 Å². The van der Waals surface area contributed by atoms with Gasteiger partial charge in [0.2, 0.25) is 0 Å². The molecule has 1 aromatic carbocycles. The number of esters is 2. The zero-order valence-corrected chi connectivity index (χ0v) is 13.6. The van der Waals surface area contributed by atoms with Crippen LogP contribution in [0.5, 0.6) is 0 Å². The summed E-state index contributed by atoms with van der Waals surface area (Å²) in [6, 6.07) is 11.1. The maximum absolute atomic E-state index is 12.4. The second-order valence-electron chi connectivity index (χ2n) is 5.16. The number of hydrogen-bond donors (Lipinski definition) is 2. The van der Waals surface area contributed by atoms with Crippen LogP contribution in [0.25, 0.3) is 10.9 Å². The number of H-pyrrole nitrogens is 1. The minimum Gasteiger partial charge on any atom is -0.463 e. The van der Waals surface area contributed by atoms with Gasteiger partial charge in [-0.25, -0.2) is 9.59 Å². The number of ether oxygens (including phenoxy) is 2. The van der Waals surface area contributed by atoms with Crippen LogP contribution in [0.15, 0.2) is 48.8 Å². The summed E-state index contributed by atoms with van der Waals surface area (Å²) in [5.74, 6) is -1.23. The fourth-order valence-corrected chi connectivity index (χ4v) is 2.40. The Morgan fingerprint density at radius 1 is 1.12 bits per heavy atom. The number of aromatic nitrogens is 2. The normalized spacial score (nSPS) is 10.4. The molecular weight excluding hydrogens is 322 g/mol. The van der Waals surface area contributed by atoms with Gasteiger partial charge in [-0.3, -0.25) is 4.98 Å². The lowest BCUT2D eigenvalue weighted by Gasteiger charge is -2.08. The highest BCUT2D eigenvalue weighted by atomic mass is 16.6. The molecule has 0 amide bonds. The molecule has 0 saturated carbocycles. The van der Waals surface area contributed by atoms with E-state index in [1.54, 1.807) is 31.5 Å². The Bertz CT molecular complexity index is 890. The number of para-hydroxylation sites is 1. The van der Waals surface area contributed by atoms with Crippen molar-refractivity contribution in [3.8, 4) is 0 Å². The Kier molecular flexibility index (Phi) is 4.94. The summed E-state index contributed by atoms with van der Waals surface area (Å²) < 4.78 is 9.82. The van der Waals surface area contributed by atoms with Gasteiger partial charge in [0.15, 0.2) is 6.61 Å². The molecule has 2 heterocycles. The number of carbonyl (C=O) groups excluding carboxylic acids is 2. The van der Waals surface area contributed by atoms with Crippen molar-refractivity contribution in [3.05, 3.63) is 54.5 Å². The van der Waals surface area contributed by atoms with Gasteiger partial charge in [0, 0.05) is 29.0 Å². The van der Waals surface area contributed by atoms with Crippen molar-refractivity contribution in [1.29, 1.82) is 0 Å². The third-order valence-corrected chi connectivity index (χ3v) is 3.49. The van der Waals surface area contributed by atoms with E-state index in [-0.39, 0.29) is 12.3 Å². The van der Waals surface area contributed by atoms with Crippen LogP contribution in [0.4, 0.5) is 11.4 Å². The van der Waals surface area contributed by atoms with E-state index in [4.69, 9.17) is 9.47 Å². The number of aromatic amines is 1. The first-order valence-electron chi connectivity index (χ1n) is 7.79. The summed E-state index contributed by atoms with van der Waals surface area (Å²) in [6.45, 7) is 1.49. The first kappa shape index (κ1) is 16.5. The molecule has 3 aromatic rings. The van der Waals surface area contributed by atoms with Gasteiger partial charge in [-0.1, -0.05) is 18.2 Å². The van der Waals surface area contributed by atoms with E-state index in [2.05, 4.69) is 15.3 Å². The van der Waals surface area contributed by atoms with Gasteiger partial charge in [-0.05, 0) is 25.1 Å². The Morgan fingerprint density at radius 3 is 2.64 bits per heavy atom. The van der Waals surface area contributed by atoms with Gasteiger partial charge in [-0.15, -0.1) is 0 Å². The lowest BCUT2D eigenvalue weighted by molar-refractivity contribution is -0.146. The molecule has 7 heteroatoms. The van der Waals surface area contributed by atoms with Crippen molar-refractivity contribution in [2.24, 2.45) is 0 Å². The summed E-state index contributed by atoms with van der Waals surface area (Å²) in [7, 11) is 0. The molecule has 25 heavy (non-hydrogen) atoms. The molecule has 0 bridgehead atoms. The van der Waals surface area contributed by atoms with Gasteiger partial charge >= 0.3 is 11.9 Å². The second kappa shape index (κ2) is 7.48. The molecule has 0 unspecified atom stereocenters. The van der Waals surface area contributed by atoms with Crippen molar-refractivity contribution in [2.45, 2.75) is 6.92 Å². The summed E-state index contributed by atoms with van der Waals surface area (Å²) in [6.07, 6.45) is 3.30. The highest BCUT2D eigenvalue weighted by Gasteiger charge is 2.20. The third kappa shape index (κ3) is 3.77. The molecule has 3 rings (SSSR count). The standard InChI is InChI=1S/C18H17N3O4/c1-2-24-15(22)11-25-18(23)17-16(20-12-7-9-19-10-8-12)13-5-3-4-6-14(13)21-17/h3-10,21H,2,11H2,1H3,(H,19,20). The first-order valence-corrected chi connectivity index (χ1v) is 7.79. The van der Waals surface area contributed by atoms with E-state index in [0.717, 1.165) is 16.6 Å². The fraction of sp³-hybridized carbons (Fsp3) is 0.167. The maximum atomic E-state index is 12.4. The van der Waals surface area contributed by atoms with Gasteiger partial charge in [-0.2, -0.15) is 0 Å². The fourth-order valence-electron chi connectivity index (χ4n) is 2.40. The van der Waals surface area contributed by atoms with Crippen molar-refractivity contribution < 1.29 is 19.1 Å². The van der Waals surface area contributed by atoms with Gasteiger partial charge < -0.3 is 19.8 Å². The minimum absolute atomic E-state index is 0.234. The zero-order chi connectivity index (χ0) is 17.6. The lowest BCUT2D eigenvalue weighted by Crippen LogP contribution is -2.17. The molecular formula is C18H17N3O4. The number of pyridine rings is 1. The molecule has 2 aromatic heterocycles. The van der Waals surface area contributed by atoms with Crippen LogP contribution in [-0.2, 0) is 14.3 Å². The number of rotatable bonds is 6. The number of anilines is 2. The smallest absolute Gasteiger partial charge is 0.357 e. The molecule has 0 radical (unpaired) electrons. The van der Waals surface area contributed by atoms with Crippen LogP contribution >= 0.6 is 0 Å². The monoisotopic (exact) mass is 339 g/mol. The molecule has 0 saturated heterocycles. The third-order valence-electron chi connectivity index (χ3n) is 3.49. The topological polar surface area (TPSA) is 93.3 Å². The predicted octanol–water partition coefficient (Wildman–Crippen LogP) is 3.03. The van der Waals surface area contributed by atoms with E-state index >= 15 is 0 Å². The average Bonchev–Trinajstić information content (AvgIpc) is 3.00. The molecule has 2 N–H and O–H groups in total. The number of hydrogen-bond acceptors (Lipinski definition) is 6. The van der Waals surface area contributed by atoms with E-state index in [1.807, 2.05) is 24.3 Å². The van der Waals surface area contributed by atoms with Crippen LogP contribution in [0, 0.1) is 0 Å². The largest absolute Gasteiger partial charge is 0.463 e. The van der Waals surface area contributed by atoms with E-state index < -0.39 is 18.5 Å². The molecule has 0 spiro atoms. The highest BCUT2D eigenvalue weighted by molar-refractivity contribution is 6.07. The molecule has 128 valence electrons. The number of nitrogens with zero attached hydrogens (tertiary/aromatic N) is 1. The maximum Gasteiger partial charge on any atom is 0.357 e. The molecule has 0 atom stereocenters. The van der Waals surface area contributed by atoms with Gasteiger partial charge in [0.05, 0.1) is 12.3 Å². The van der Waals surface area contributed by atoms with Crippen molar-refractivity contribution in [3.63, 3.8) is 0 Å². The minimum atomic E-state index is -0.638. The van der Waals surface area contributed by atoms with Crippen molar-refractivity contribution in [2.75, 3.05) is 18.5 Å².